The van der Waals surface area contributed by atoms with Gasteiger partial charge in [-0.25, -0.2) is 9.59 Å². The summed E-state index contributed by atoms with van der Waals surface area (Å²) in [5.41, 5.74) is 2.17. The molecule has 0 heterocycles. The number of hydrogen-bond donors (Lipinski definition) is 0. The topological polar surface area (TPSA) is 97.4 Å². The van der Waals surface area contributed by atoms with Crippen molar-refractivity contribution < 1.29 is 38.1 Å². The molecule has 1 aliphatic carbocycles. The third-order valence-electron chi connectivity index (χ3n) is 6.73. The second-order valence-corrected chi connectivity index (χ2v) is 10.3. The number of hydrogen-bond acceptors (Lipinski definition) is 8. The minimum atomic E-state index is -0.584. The van der Waals surface area contributed by atoms with Crippen LogP contribution >= 0.6 is 0 Å². The minimum absolute atomic E-state index is 0.0443. The Morgan fingerprint density at radius 2 is 1.26 bits per heavy atom. The Morgan fingerprint density at radius 3 is 1.84 bits per heavy atom. The first-order valence-electron chi connectivity index (χ1n) is 14.9. The zero-order valence-corrected chi connectivity index (χ0v) is 24.8. The molecule has 230 valence electrons. The van der Waals surface area contributed by atoms with E-state index in [1.807, 2.05) is 60.7 Å². The van der Waals surface area contributed by atoms with Crippen molar-refractivity contribution >= 4 is 30.1 Å². The van der Waals surface area contributed by atoms with Crippen LogP contribution in [-0.2, 0) is 28.6 Å². The van der Waals surface area contributed by atoms with Crippen LogP contribution < -0.4 is 9.47 Å². The van der Waals surface area contributed by atoms with Crippen LogP contribution in [0.1, 0.15) is 68.9 Å². The zero-order valence-electron chi connectivity index (χ0n) is 24.8. The maximum absolute atomic E-state index is 12.1. The minimum Gasteiger partial charge on any atom is -0.494 e. The Bertz CT molecular complexity index is 1210. The fourth-order valence-corrected chi connectivity index (χ4v) is 4.34. The van der Waals surface area contributed by atoms with E-state index in [2.05, 4.69) is 13.2 Å². The number of rotatable bonds is 18. The van der Waals surface area contributed by atoms with Crippen LogP contribution in [0.5, 0.6) is 11.5 Å². The molecule has 0 atom stereocenters. The van der Waals surface area contributed by atoms with Crippen LogP contribution in [0.4, 0.5) is 0 Å². The fourth-order valence-electron chi connectivity index (χ4n) is 4.34. The molecule has 1 saturated carbocycles. The van der Waals surface area contributed by atoms with E-state index in [1.165, 1.54) is 6.42 Å². The lowest BCUT2D eigenvalue weighted by Crippen LogP contribution is -2.22. The number of carbonyl (C=O) groups excluding carboxylic acids is 3. The number of carbonyl (C=O) groups is 3. The van der Waals surface area contributed by atoms with Gasteiger partial charge in [0.25, 0.3) is 0 Å². The first-order chi connectivity index (χ1) is 20.9. The van der Waals surface area contributed by atoms with Gasteiger partial charge in [0.1, 0.15) is 17.6 Å². The molecule has 0 saturated heterocycles. The molecule has 0 aromatic heterocycles. The predicted molar refractivity (Wildman–Crippen MR) is 165 cm³/mol. The molecule has 3 rings (SSSR count). The van der Waals surface area contributed by atoms with Gasteiger partial charge in [0.2, 0.25) is 0 Å². The first kappa shape index (κ1) is 33.2. The Morgan fingerprint density at radius 1 is 0.721 bits per heavy atom. The number of esters is 3. The lowest BCUT2D eigenvalue weighted by Gasteiger charge is -2.21. The predicted octanol–water partition coefficient (Wildman–Crippen LogP) is 6.88. The second kappa shape index (κ2) is 19.0. The SMILES string of the molecule is C=CC(=O)OCCCCOc1ccc(/C=C/c2ccc(OCCCOC(=O)C(=C)CC(=O)OC3CCCCC3)cc2)cc1. The van der Waals surface area contributed by atoms with Gasteiger partial charge in [-0.2, -0.15) is 0 Å². The summed E-state index contributed by atoms with van der Waals surface area (Å²) in [5, 5.41) is 0. The van der Waals surface area contributed by atoms with Crippen LogP contribution in [0.15, 0.2) is 73.3 Å². The molecule has 0 radical (unpaired) electrons. The van der Waals surface area contributed by atoms with E-state index in [-0.39, 0.29) is 24.7 Å². The summed E-state index contributed by atoms with van der Waals surface area (Å²) in [5.74, 6) is 0.0962. The molecule has 0 aliphatic heterocycles. The molecule has 0 unspecified atom stereocenters. The van der Waals surface area contributed by atoms with Gasteiger partial charge in [-0.05, 0) is 73.9 Å². The smallest absolute Gasteiger partial charge is 0.333 e. The molecule has 1 aliphatic rings. The zero-order chi connectivity index (χ0) is 30.7. The van der Waals surface area contributed by atoms with E-state index in [4.69, 9.17) is 23.7 Å². The second-order valence-electron chi connectivity index (χ2n) is 10.3. The Hall–Kier alpha value is -4.33. The van der Waals surface area contributed by atoms with E-state index in [1.54, 1.807) is 0 Å². The van der Waals surface area contributed by atoms with E-state index in [0.29, 0.717) is 26.2 Å². The molecule has 2 aromatic carbocycles. The van der Waals surface area contributed by atoms with Gasteiger partial charge in [0.15, 0.2) is 0 Å². The average Bonchev–Trinajstić information content (AvgIpc) is 3.02. The Kier molecular flexibility index (Phi) is 14.6. The largest absolute Gasteiger partial charge is 0.494 e. The molecule has 0 N–H and O–H groups in total. The van der Waals surface area contributed by atoms with Crippen molar-refractivity contribution in [3.63, 3.8) is 0 Å². The monoisotopic (exact) mass is 590 g/mol. The maximum atomic E-state index is 12.1. The van der Waals surface area contributed by atoms with Gasteiger partial charge >= 0.3 is 17.9 Å². The van der Waals surface area contributed by atoms with E-state index in [0.717, 1.165) is 67.2 Å². The highest BCUT2D eigenvalue weighted by atomic mass is 16.5. The first-order valence-corrected chi connectivity index (χ1v) is 14.9. The van der Waals surface area contributed by atoms with Gasteiger partial charge in [-0.15, -0.1) is 0 Å². The van der Waals surface area contributed by atoms with Crippen molar-refractivity contribution in [3.05, 3.63) is 84.5 Å². The van der Waals surface area contributed by atoms with Gasteiger partial charge in [-0.3, -0.25) is 4.79 Å². The number of unbranched alkanes of at least 4 members (excludes halogenated alkanes) is 1. The van der Waals surface area contributed by atoms with Crippen LogP contribution in [0.3, 0.4) is 0 Å². The molecule has 0 spiro atoms. The van der Waals surface area contributed by atoms with Gasteiger partial charge in [0, 0.05) is 18.1 Å². The van der Waals surface area contributed by atoms with E-state index in [9.17, 15) is 14.4 Å². The van der Waals surface area contributed by atoms with Crippen molar-refractivity contribution in [2.24, 2.45) is 0 Å². The highest BCUT2D eigenvalue weighted by Gasteiger charge is 2.20. The molecule has 8 heteroatoms. The Balaban J connectivity index is 1.26. The average molecular weight is 591 g/mol. The van der Waals surface area contributed by atoms with Crippen LogP contribution in [-0.4, -0.2) is 50.4 Å². The normalized spacial score (nSPS) is 13.2. The van der Waals surface area contributed by atoms with Gasteiger partial charge in [-0.1, -0.05) is 56.0 Å². The summed E-state index contributed by atoms with van der Waals surface area (Å²) in [7, 11) is 0. The Labute approximate surface area is 254 Å². The summed E-state index contributed by atoms with van der Waals surface area (Å²) in [6.07, 6.45) is 12.1. The van der Waals surface area contributed by atoms with E-state index < -0.39 is 17.9 Å². The standard InChI is InChI=1S/C35H42O8/c1-3-33(36)41-23-8-7-22-39-30-18-14-28(15-19-30)12-13-29-16-20-31(21-17-29)40-24-9-25-42-35(38)27(2)26-34(37)43-32-10-5-4-6-11-32/h3,12-21,32H,1-2,4-11,22-26H2/b13-12+. The molecular weight excluding hydrogens is 548 g/mol. The van der Waals surface area contributed by atoms with Crippen molar-refractivity contribution in [1.82, 2.24) is 0 Å². The lowest BCUT2D eigenvalue weighted by molar-refractivity contribution is -0.151. The molecule has 1 fully saturated rings. The fraction of sp³-hybridized carbons (Fsp3) is 0.400. The molecule has 0 bridgehead atoms. The molecular formula is C35H42O8. The molecule has 0 amide bonds. The maximum Gasteiger partial charge on any atom is 0.333 e. The van der Waals surface area contributed by atoms with Crippen molar-refractivity contribution in [1.29, 1.82) is 0 Å². The lowest BCUT2D eigenvalue weighted by atomic mass is 9.98. The third kappa shape index (κ3) is 13.5. The van der Waals surface area contributed by atoms with Crippen LogP contribution in [0, 0.1) is 0 Å². The summed E-state index contributed by atoms with van der Waals surface area (Å²) in [6, 6.07) is 15.5. The summed E-state index contributed by atoms with van der Waals surface area (Å²) < 4.78 is 27.1. The van der Waals surface area contributed by atoms with Gasteiger partial charge < -0.3 is 23.7 Å². The highest BCUT2D eigenvalue weighted by molar-refractivity contribution is 5.93. The molecule has 43 heavy (non-hydrogen) atoms. The van der Waals surface area contributed by atoms with Gasteiger partial charge in [0.05, 0.1) is 32.8 Å². The third-order valence-corrected chi connectivity index (χ3v) is 6.73. The molecule has 2 aromatic rings. The van der Waals surface area contributed by atoms with Crippen molar-refractivity contribution in [3.8, 4) is 11.5 Å². The number of ether oxygens (including phenoxy) is 5. The summed E-state index contributed by atoms with van der Waals surface area (Å²) in [4.78, 5) is 35.2. The van der Waals surface area contributed by atoms with Crippen molar-refractivity contribution in [2.45, 2.75) is 63.9 Å². The van der Waals surface area contributed by atoms with E-state index >= 15 is 0 Å². The summed E-state index contributed by atoms with van der Waals surface area (Å²) >= 11 is 0. The van der Waals surface area contributed by atoms with Crippen molar-refractivity contribution in [2.75, 3.05) is 26.4 Å². The highest BCUT2D eigenvalue weighted by Crippen LogP contribution is 2.21. The number of benzene rings is 2. The quantitative estimate of drug-likeness (QED) is 0.0609. The summed E-state index contributed by atoms with van der Waals surface area (Å²) in [6.45, 7) is 8.51. The van der Waals surface area contributed by atoms with Crippen LogP contribution in [0.2, 0.25) is 0 Å². The molecule has 8 nitrogen and oxygen atoms in total. The van der Waals surface area contributed by atoms with Crippen LogP contribution in [0.25, 0.3) is 12.2 Å².